The van der Waals surface area contributed by atoms with Crippen molar-refractivity contribution in [1.29, 1.82) is 0 Å². The molecule has 1 N–H and O–H groups in total. The zero-order valence-electron chi connectivity index (χ0n) is 18.4. The number of carbonyl (C=O) groups excluding carboxylic acids is 2. The van der Waals surface area contributed by atoms with Crippen molar-refractivity contribution in [2.24, 2.45) is 11.8 Å². The zero-order valence-corrected chi connectivity index (χ0v) is 19.2. The molecule has 3 rings (SSSR count). The van der Waals surface area contributed by atoms with Gasteiger partial charge in [0.15, 0.2) is 11.6 Å². The number of thioether (sulfide) groups is 1. The minimum atomic E-state index is -0.0881. The number of ketones is 2. The molecule has 2 aromatic rings. The number of carbonyl (C=O) groups is 2. The van der Waals surface area contributed by atoms with Crippen LogP contribution in [0.4, 0.5) is 0 Å². The fourth-order valence-electron chi connectivity index (χ4n) is 4.19. The van der Waals surface area contributed by atoms with E-state index in [0.717, 1.165) is 16.9 Å². The summed E-state index contributed by atoms with van der Waals surface area (Å²) in [6.07, 6.45) is 0.876. The Bertz CT molecular complexity index is 1000. The SMILES string of the molecule is CC(=O)c1cc(C)cc(C)c1C1=C(O)CC(C(C)CSc2ccc(C)cc2)CC1=O. The van der Waals surface area contributed by atoms with E-state index in [1.54, 1.807) is 11.8 Å². The van der Waals surface area contributed by atoms with E-state index in [0.29, 0.717) is 29.5 Å². The molecule has 4 heteroatoms. The summed E-state index contributed by atoms with van der Waals surface area (Å²) in [5, 5.41) is 10.9. The fourth-order valence-corrected chi connectivity index (χ4v) is 5.24. The number of aliphatic hydroxyl groups is 1. The van der Waals surface area contributed by atoms with Crippen LogP contribution >= 0.6 is 11.8 Å². The van der Waals surface area contributed by atoms with Crippen LogP contribution in [0.5, 0.6) is 0 Å². The Morgan fingerprint density at radius 1 is 1.10 bits per heavy atom. The molecule has 0 saturated heterocycles. The van der Waals surface area contributed by atoms with Gasteiger partial charge in [0.1, 0.15) is 5.76 Å². The number of aryl methyl sites for hydroxylation is 3. The lowest BCUT2D eigenvalue weighted by Gasteiger charge is -2.29. The monoisotopic (exact) mass is 422 g/mol. The molecule has 1 aliphatic rings. The molecular formula is C26H30O3S. The Morgan fingerprint density at radius 3 is 2.37 bits per heavy atom. The maximum absolute atomic E-state index is 13.1. The van der Waals surface area contributed by atoms with Gasteiger partial charge in [-0.2, -0.15) is 0 Å². The summed E-state index contributed by atoms with van der Waals surface area (Å²) in [5.74, 6) is 1.26. The van der Waals surface area contributed by atoms with Gasteiger partial charge >= 0.3 is 0 Å². The van der Waals surface area contributed by atoms with Crippen LogP contribution in [0, 0.1) is 32.6 Å². The molecule has 3 nitrogen and oxygen atoms in total. The van der Waals surface area contributed by atoms with E-state index in [1.807, 2.05) is 26.0 Å². The minimum absolute atomic E-state index is 0.0645. The maximum Gasteiger partial charge on any atom is 0.167 e. The molecule has 2 aromatic carbocycles. The first-order valence-electron chi connectivity index (χ1n) is 10.4. The summed E-state index contributed by atoms with van der Waals surface area (Å²) in [5.41, 5.74) is 4.54. The third-order valence-electron chi connectivity index (χ3n) is 5.92. The number of aliphatic hydroxyl groups excluding tert-OH is 1. The molecule has 0 spiro atoms. The molecule has 0 aliphatic heterocycles. The predicted molar refractivity (Wildman–Crippen MR) is 124 cm³/mol. The maximum atomic E-state index is 13.1. The molecule has 0 heterocycles. The van der Waals surface area contributed by atoms with Crippen molar-refractivity contribution in [3.8, 4) is 0 Å². The molecule has 0 bridgehead atoms. The third kappa shape index (κ3) is 4.86. The van der Waals surface area contributed by atoms with Crippen LogP contribution in [0.15, 0.2) is 47.1 Å². The largest absolute Gasteiger partial charge is 0.512 e. The summed E-state index contributed by atoms with van der Waals surface area (Å²) < 4.78 is 0. The van der Waals surface area contributed by atoms with E-state index in [2.05, 4.69) is 38.1 Å². The van der Waals surface area contributed by atoms with Gasteiger partial charge in [0.25, 0.3) is 0 Å². The van der Waals surface area contributed by atoms with Gasteiger partial charge in [-0.05, 0) is 63.3 Å². The summed E-state index contributed by atoms with van der Waals surface area (Å²) in [7, 11) is 0. The molecule has 30 heavy (non-hydrogen) atoms. The first-order chi connectivity index (χ1) is 14.2. The lowest BCUT2D eigenvalue weighted by Crippen LogP contribution is -2.25. The van der Waals surface area contributed by atoms with Crippen molar-refractivity contribution in [2.75, 3.05) is 5.75 Å². The molecule has 2 atom stereocenters. The van der Waals surface area contributed by atoms with Crippen LogP contribution in [0.1, 0.15) is 59.3 Å². The van der Waals surface area contributed by atoms with E-state index in [9.17, 15) is 14.7 Å². The second kappa shape index (κ2) is 9.22. The van der Waals surface area contributed by atoms with Crippen molar-refractivity contribution in [3.63, 3.8) is 0 Å². The summed E-state index contributed by atoms with van der Waals surface area (Å²) in [6.45, 7) is 9.56. The van der Waals surface area contributed by atoms with Crippen molar-refractivity contribution in [1.82, 2.24) is 0 Å². The quantitative estimate of drug-likeness (QED) is 0.427. The van der Waals surface area contributed by atoms with Crippen LogP contribution in [0.25, 0.3) is 5.57 Å². The van der Waals surface area contributed by atoms with Gasteiger partial charge in [-0.25, -0.2) is 0 Å². The average molecular weight is 423 g/mol. The van der Waals surface area contributed by atoms with Gasteiger partial charge < -0.3 is 5.11 Å². The first kappa shape index (κ1) is 22.4. The highest BCUT2D eigenvalue weighted by Crippen LogP contribution is 2.39. The Balaban J connectivity index is 1.81. The number of hydrogen-bond donors (Lipinski definition) is 1. The molecule has 0 aromatic heterocycles. The van der Waals surface area contributed by atoms with Crippen LogP contribution in [-0.4, -0.2) is 22.4 Å². The van der Waals surface area contributed by atoms with Gasteiger partial charge in [0.05, 0.1) is 5.57 Å². The van der Waals surface area contributed by atoms with E-state index in [4.69, 9.17) is 0 Å². The fraction of sp³-hybridized carbons (Fsp3) is 0.385. The summed E-state index contributed by atoms with van der Waals surface area (Å²) >= 11 is 1.79. The van der Waals surface area contributed by atoms with E-state index < -0.39 is 0 Å². The Morgan fingerprint density at radius 2 is 1.77 bits per heavy atom. The van der Waals surface area contributed by atoms with E-state index in [-0.39, 0.29) is 29.2 Å². The highest BCUT2D eigenvalue weighted by atomic mass is 32.2. The smallest absolute Gasteiger partial charge is 0.167 e. The number of rotatable bonds is 6. The van der Waals surface area contributed by atoms with Crippen LogP contribution in [0.2, 0.25) is 0 Å². The minimum Gasteiger partial charge on any atom is -0.512 e. The average Bonchev–Trinajstić information content (AvgIpc) is 2.67. The van der Waals surface area contributed by atoms with Crippen molar-refractivity contribution >= 4 is 28.9 Å². The first-order valence-corrected chi connectivity index (χ1v) is 11.4. The van der Waals surface area contributed by atoms with Gasteiger partial charge in [0, 0.05) is 34.6 Å². The Labute approximate surface area is 183 Å². The molecule has 1 aliphatic carbocycles. The number of allylic oxidation sites excluding steroid dienone is 2. The molecule has 2 unspecified atom stereocenters. The van der Waals surface area contributed by atoms with Crippen LogP contribution < -0.4 is 0 Å². The predicted octanol–water partition coefficient (Wildman–Crippen LogP) is 6.49. The Kier molecular flexibility index (Phi) is 6.87. The summed E-state index contributed by atoms with van der Waals surface area (Å²) in [4.78, 5) is 26.5. The van der Waals surface area contributed by atoms with E-state index >= 15 is 0 Å². The molecule has 0 fully saturated rings. The lowest BCUT2D eigenvalue weighted by molar-refractivity contribution is -0.115. The second-order valence-corrected chi connectivity index (χ2v) is 9.67. The van der Waals surface area contributed by atoms with Crippen molar-refractivity contribution in [2.45, 2.75) is 52.4 Å². The normalized spacial score (nSPS) is 17.9. The third-order valence-corrected chi connectivity index (χ3v) is 7.22. The summed E-state index contributed by atoms with van der Waals surface area (Å²) in [6, 6.07) is 12.2. The zero-order chi connectivity index (χ0) is 22.0. The molecular weight excluding hydrogens is 392 g/mol. The topological polar surface area (TPSA) is 54.4 Å². The van der Waals surface area contributed by atoms with Gasteiger partial charge in [-0.3, -0.25) is 9.59 Å². The molecule has 158 valence electrons. The van der Waals surface area contributed by atoms with Crippen molar-refractivity contribution < 1.29 is 14.7 Å². The molecule has 0 radical (unpaired) electrons. The van der Waals surface area contributed by atoms with Crippen molar-refractivity contribution in [3.05, 3.63) is 70.0 Å². The number of hydrogen-bond acceptors (Lipinski definition) is 4. The molecule has 0 amide bonds. The lowest BCUT2D eigenvalue weighted by atomic mass is 9.77. The molecule has 0 saturated carbocycles. The highest BCUT2D eigenvalue weighted by molar-refractivity contribution is 7.99. The van der Waals surface area contributed by atoms with E-state index in [1.165, 1.54) is 17.4 Å². The van der Waals surface area contributed by atoms with Crippen LogP contribution in [-0.2, 0) is 4.79 Å². The standard InChI is InChI=1S/C26H30O3S/c1-15-6-8-21(9-7-15)30-14-18(4)20-12-23(28)26(24(29)13-20)25-17(3)10-16(2)11-22(25)19(5)27/h6-11,18,20,28H,12-14H2,1-5H3. The number of Topliss-reactive ketones (excluding diaryl/α,β-unsaturated/α-hetero) is 2. The Hall–Kier alpha value is -2.33. The van der Waals surface area contributed by atoms with Gasteiger partial charge in [-0.1, -0.05) is 36.2 Å². The number of benzene rings is 2. The van der Waals surface area contributed by atoms with Gasteiger partial charge in [0.2, 0.25) is 0 Å². The van der Waals surface area contributed by atoms with Crippen LogP contribution in [0.3, 0.4) is 0 Å². The van der Waals surface area contributed by atoms with Gasteiger partial charge in [-0.15, -0.1) is 11.8 Å². The second-order valence-electron chi connectivity index (χ2n) is 8.58. The highest BCUT2D eigenvalue weighted by Gasteiger charge is 2.33.